The average Bonchev–Trinajstić information content (AvgIpc) is 3.22. The molecule has 1 amide bonds. The van der Waals surface area contributed by atoms with Crippen molar-refractivity contribution in [3.05, 3.63) is 84.2 Å². The number of nitrogens with zero attached hydrogens (tertiary/aromatic N) is 4. The number of aromatic nitrogens is 4. The Balaban J connectivity index is 0.00000220. The lowest BCUT2D eigenvalue weighted by molar-refractivity contribution is 0.0958. The summed E-state index contributed by atoms with van der Waals surface area (Å²) in [6.07, 6.45) is 2.96. The predicted molar refractivity (Wildman–Crippen MR) is 147 cm³/mol. The van der Waals surface area contributed by atoms with E-state index in [-0.39, 0.29) is 14.5 Å². The third-order valence-corrected chi connectivity index (χ3v) is 6.12. The summed E-state index contributed by atoms with van der Waals surface area (Å²) in [7, 11) is 4.99. The van der Waals surface area contributed by atoms with Crippen LogP contribution < -0.4 is 20.1 Å². The van der Waals surface area contributed by atoms with Crippen molar-refractivity contribution in [2.24, 2.45) is 7.05 Å². The Morgan fingerprint density at radius 1 is 1.03 bits per heavy atom. The zero-order valence-corrected chi connectivity index (χ0v) is 21.2. The van der Waals surface area contributed by atoms with Crippen LogP contribution in [0.5, 0.6) is 17.2 Å². The van der Waals surface area contributed by atoms with E-state index in [9.17, 15) is 9.18 Å². The number of rotatable bonds is 7. The van der Waals surface area contributed by atoms with Crippen LogP contribution in [0.4, 0.5) is 16.0 Å². The van der Waals surface area contributed by atoms with Gasteiger partial charge in [-0.05, 0) is 47.9 Å². The van der Waals surface area contributed by atoms with Crippen molar-refractivity contribution >= 4 is 28.6 Å². The van der Waals surface area contributed by atoms with Crippen LogP contribution in [-0.4, -0.2) is 39.6 Å². The first-order chi connectivity index (χ1) is 18.4. The van der Waals surface area contributed by atoms with Crippen molar-refractivity contribution < 1.29 is 21.5 Å². The van der Waals surface area contributed by atoms with Crippen molar-refractivity contribution in [2.75, 3.05) is 19.5 Å². The van der Waals surface area contributed by atoms with E-state index in [1.165, 1.54) is 25.5 Å². The van der Waals surface area contributed by atoms with Crippen molar-refractivity contribution in [3.63, 3.8) is 0 Å². The Kier molecular flexibility index (Phi) is 6.61. The maximum atomic E-state index is 13.7. The molecule has 0 saturated heterocycles. The molecule has 0 spiro atoms. The highest BCUT2D eigenvalue weighted by molar-refractivity contribution is 5.92. The fourth-order valence-corrected chi connectivity index (χ4v) is 4.11. The highest BCUT2D eigenvalue weighted by Gasteiger charge is 2.16. The van der Waals surface area contributed by atoms with Gasteiger partial charge in [-0.3, -0.25) is 9.78 Å². The molecule has 38 heavy (non-hydrogen) atoms. The number of amides is 1. The lowest BCUT2D eigenvalue weighted by Crippen LogP contribution is -2.18. The van der Waals surface area contributed by atoms with Crippen LogP contribution >= 0.6 is 0 Å². The topological polar surface area (TPSA) is 103 Å². The van der Waals surface area contributed by atoms with Gasteiger partial charge in [0.05, 0.1) is 18.1 Å². The van der Waals surface area contributed by atoms with Gasteiger partial charge in [0.1, 0.15) is 11.4 Å². The molecule has 5 aromatic rings. The van der Waals surface area contributed by atoms with E-state index in [0.717, 1.165) is 27.9 Å². The summed E-state index contributed by atoms with van der Waals surface area (Å²) < 4.78 is 27.3. The Bertz CT molecular complexity index is 1680. The molecule has 0 bridgehead atoms. The summed E-state index contributed by atoms with van der Waals surface area (Å²) in [4.78, 5) is 24.4. The smallest absolute Gasteiger partial charge is 0.269 e. The minimum Gasteiger partial charge on any atom is -0.493 e. The standard InChI is InChI=1S/C28H25FN6O3.2H2/c1-16-5-6-18(12-20(16)17-7-9-32-26(29)11-17)33-28-34-21-14-25(24(37-4)15-23(21)35(28)3)38-19-8-10-31-22(13-19)27(36)30-2;;/h5-15H,1-4H3,(H,30,36)(H,33,34);2*1H. The number of carbonyl (C=O) groups excluding carboxylic acids is 1. The van der Waals surface area contributed by atoms with E-state index < -0.39 is 5.95 Å². The van der Waals surface area contributed by atoms with Crippen LogP contribution in [0.25, 0.3) is 22.2 Å². The molecular formula is C28H29FN6O3. The van der Waals surface area contributed by atoms with Gasteiger partial charge < -0.3 is 24.7 Å². The molecule has 0 aliphatic carbocycles. The van der Waals surface area contributed by atoms with Crippen molar-refractivity contribution in [1.29, 1.82) is 0 Å². The second-order valence-corrected chi connectivity index (χ2v) is 8.57. The number of aryl methyl sites for hydroxylation is 2. The van der Waals surface area contributed by atoms with Gasteiger partial charge in [-0.15, -0.1) is 0 Å². The summed E-state index contributed by atoms with van der Waals surface area (Å²) in [6, 6.07) is 15.9. The predicted octanol–water partition coefficient (Wildman–Crippen LogP) is 5.87. The Morgan fingerprint density at radius 2 is 1.84 bits per heavy atom. The van der Waals surface area contributed by atoms with Gasteiger partial charge in [0, 0.05) is 59.3 Å². The number of imidazole rings is 1. The summed E-state index contributed by atoms with van der Waals surface area (Å²) in [6.45, 7) is 1.97. The number of hydrogen-bond acceptors (Lipinski definition) is 7. The maximum absolute atomic E-state index is 13.7. The van der Waals surface area contributed by atoms with Crippen LogP contribution in [0, 0.1) is 12.9 Å². The Hall–Kier alpha value is -4.99. The third-order valence-electron chi connectivity index (χ3n) is 6.12. The maximum Gasteiger partial charge on any atom is 0.269 e. The molecule has 5 rings (SSSR count). The molecule has 0 radical (unpaired) electrons. The molecule has 2 N–H and O–H groups in total. The highest BCUT2D eigenvalue weighted by Crippen LogP contribution is 2.37. The molecule has 2 aromatic carbocycles. The van der Waals surface area contributed by atoms with Gasteiger partial charge in [-0.2, -0.15) is 4.39 Å². The first-order valence-corrected chi connectivity index (χ1v) is 11.8. The van der Waals surface area contributed by atoms with E-state index in [4.69, 9.17) is 14.5 Å². The van der Waals surface area contributed by atoms with Gasteiger partial charge in [0.15, 0.2) is 11.5 Å². The number of ether oxygens (including phenoxy) is 2. The van der Waals surface area contributed by atoms with Gasteiger partial charge in [0.25, 0.3) is 5.91 Å². The van der Waals surface area contributed by atoms with Crippen LogP contribution in [-0.2, 0) is 7.05 Å². The van der Waals surface area contributed by atoms with E-state index in [1.807, 2.05) is 42.8 Å². The third kappa shape index (κ3) is 4.83. The lowest BCUT2D eigenvalue weighted by Gasteiger charge is -2.12. The number of pyridine rings is 2. The Morgan fingerprint density at radius 3 is 2.61 bits per heavy atom. The van der Waals surface area contributed by atoms with E-state index >= 15 is 0 Å². The van der Waals surface area contributed by atoms with Crippen LogP contribution in [0.1, 0.15) is 18.9 Å². The van der Waals surface area contributed by atoms with Gasteiger partial charge in [0.2, 0.25) is 11.9 Å². The van der Waals surface area contributed by atoms with Crippen LogP contribution in [0.3, 0.4) is 0 Å². The number of halogens is 1. The molecule has 10 heteroatoms. The molecule has 0 unspecified atom stereocenters. The first kappa shape index (κ1) is 24.7. The number of methoxy groups -OCH3 is 1. The van der Waals surface area contributed by atoms with Crippen molar-refractivity contribution in [1.82, 2.24) is 24.8 Å². The molecule has 0 atom stereocenters. The lowest BCUT2D eigenvalue weighted by atomic mass is 10.0. The molecule has 196 valence electrons. The van der Waals surface area contributed by atoms with Gasteiger partial charge in [-0.25, -0.2) is 9.97 Å². The zero-order chi connectivity index (χ0) is 26.8. The summed E-state index contributed by atoms with van der Waals surface area (Å²) in [5.74, 6) is 1.13. The van der Waals surface area contributed by atoms with Crippen LogP contribution in [0.2, 0.25) is 0 Å². The molecule has 3 aromatic heterocycles. The van der Waals surface area contributed by atoms with Gasteiger partial charge in [-0.1, -0.05) is 6.07 Å². The number of anilines is 2. The summed E-state index contributed by atoms with van der Waals surface area (Å²) >= 11 is 0. The molecule has 3 heterocycles. The number of fused-ring (bicyclic) bond motifs is 1. The molecule has 0 aliphatic heterocycles. The SMILES string of the molecule is CNC(=O)c1cc(Oc2cc3nc(Nc4ccc(C)c(-c5ccnc(F)c5)c4)n(C)c3cc2OC)ccn1.[HH].[HH]. The molecular weight excluding hydrogens is 487 g/mol. The van der Waals surface area contributed by atoms with Crippen molar-refractivity contribution in [3.8, 4) is 28.4 Å². The van der Waals surface area contributed by atoms with E-state index in [2.05, 4.69) is 20.6 Å². The highest BCUT2D eigenvalue weighted by atomic mass is 19.1. The largest absolute Gasteiger partial charge is 0.493 e. The fourth-order valence-electron chi connectivity index (χ4n) is 4.11. The number of carbonyl (C=O) groups is 1. The normalized spacial score (nSPS) is 10.9. The molecule has 0 aliphatic rings. The van der Waals surface area contributed by atoms with E-state index in [1.54, 1.807) is 31.4 Å². The van der Waals surface area contributed by atoms with Crippen molar-refractivity contribution in [2.45, 2.75) is 6.92 Å². The second-order valence-electron chi connectivity index (χ2n) is 8.57. The minimum absolute atomic E-state index is 0. The summed E-state index contributed by atoms with van der Waals surface area (Å²) in [5, 5.41) is 5.90. The number of hydrogen-bond donors (Lipinski definition) is 2. The minimum atomic E-state index is -0.529. The van der Waals surface area contributed by atoms with Crippen LogP contribution in [0.15, 0.2) is 67.0 Å². The number of benzene rings is 2. The average molecular weight is 517 g/mol. The molecule has 0 saturated carbocycles. The molecule has 0 fully saturated rings. The summed E-state index contributed by atoms with van der Waals surface area (Å²) in [5.41, 5.74) is 5.17. The molecule has 9 nitrogen and oxygen atoms in total. The quantitative estimate of drug-likeness (QED) is 0.261. The monoisotopic (exact) mass is 516 g/mol. The van der Waals surface area contributed by atoms with E-state index in [0.29, 0.717) is 28.7 Å². The Labute approximate surface area is 221 Å². The first-order valence-electron chi connectivity index (χ1n) is 11.8. The second kappa shape index (κ2) is 10.2. The fraction of sp³-hybridized carbons (Fsp3) is 0.143. The number of nitrogens with one attached hydrogen (secondary N) is 2. The zero-order valence-electron chi connectivity index (χ0n) is 21.2. The van der Waals surface area contributed by atoms with Gasteiger partial charge >= 0.3 is 0 Å².